The number of halogens is 2. The molecule has 2 rings (SSSR count). The molecule has 1 amide bonds. The predicted molar refractivity (Wildman–Crippen MR) is 110 cm³/mol. The molecule has 6 heteroatoms. The summed E-state index contributed by atoms with van der Waals surface area (Å²) in [6, 6.07) is 9.55. The van der Waals surface area contributed by atoms with Gasteiger partial charge in [-0.15, -0.1) is 24.8 Å². The summed E-state index contributed by atoms with van der Waals surface area (Å²) in [6.07, 6.45) is 4.77. The molecule has 0 radical (unpaired) electrons. The average Bonchev–Trinajstić information content (AvgIpc) is 2.57. The number of benzene rings is 1. The first kappa shape index (κ1) is 24.2. The first-order valence-electron chi connectivity index (χ1n) is 8.85. The number of hydrogen-bond donors (Lipinski definition) is 2. The fourth-order valence-electron chi connectivity index (χ4n) is 3.05. The zero-order chi connectivity index (χ0) is 16.7. The van der Waals surface area contributed by atoms with E-state index in [9.17, 15) is 4.79 Å². The zero-order valence-electron chi connectivity index (χ0n) is 15.4. The Morgan fingerprint density at radius 2 is 1.80 bits per heavy atom. The summed E-state index contributed by atoms with van der Waals surface area (Å²) in [5.41, 5.74) is 6.09. The normalized spacial score (nSPS) is 17.7. The molecular formula is C19H33Cl2N3O. The molecule has 1 fully saturated rings. The monoisotopic (exact) mass is 389 g/mol. The van der Waals surface area contributed by atoms with Gasteiger partial charge in [0.1, 0.15) is 5.54 Å². The van der Waals surface area contributed by atoms with E-state index in [2.05, 4.69) is 17.1 Å². The van der Waals surface area contributed by atoms with E-state index >= 15 is 0 Å². The van der Waals surface area contributed by atoms with Crippen molar-refractivity contribution in [1.29, 1.82) is 0 Å². The number of nitrogens with two attached hydrogens (primary N) is 1. The van der Waals surface area contributed by atoms with Crippen molar-refractivity contribution < 1.29 is 4.79 Å². The van der Waals surface area contributed by atoms with E-state index in [0.717, 1.165) is 30.9 Å². The van der Waals surface area contributed by atoms with Crippen LogP contribution in [0.1, 0.15) is 45.1 Å². The Bertz CT molecular complexity index is 489. The van der Waals surface area contributed by atoms with E-state index in [1.54, 1.807) is 6.92 Å². The fourth-order valence-corrected chi connectivity index (χ4v) is 3.05. The van der Waals surface area contributed by atoms with Gasteiger partial charge in [0, 0.05) is 6.54 Å². The second-order valence-corrected chi connectivity index (χ2v) is 7.06. The number of piperidine rings is 1. The number of rotatable bonds is 7. The molecule has 144 valence electrons. The molecule has 1 unspecified atom stereocenters. The minimum Gasteiger partial charge on any atom is -0.354 e. The summed E-state index contributed by atoms with van der Waals surface area (Å²) in [4.78, 5) is 14.9. The van der Waals surface area contributed by atoms with E-state index in [1.165, 1.54) is 25.9 Å². The Kier molecular flexibility index (Phi) is 11.4. The lowest BCUT2D eigenvalue weighted by Gasteiger charge is -2.30. The molecule has 25 heavy (non-hydrogen) atoms. The van der Waals surface area contributed by atoms with Crippen LogP contribution >= 0.6 is 24.8 Å². The SMILES string of the molecule is CC1CCN(CCCCNC(=O)C(C)(N)c2ccccc2)CC1.Cl.Cl. The molecule has 1 aliphatic rings. The average molecular weight is 390 g/mol. The third-order valence-corrected chi connectivity index (χ3v) is 4.91. The Morgan fingerprint density at radius 3 is 2.40 bits per heavy atom. The molecule has 4 nitrogen and oxygen atoms in total. The summed E-state index contributed by atoms with van der Waals surface area (Å²) in [7, 11) is 0. The van der Waals surface area contributed by atoms with Crippen molar-refractivity contribution in [3.05, 3.63) is 35.9 Å². The van der Waals surface area contributed by atoms with Crippen LogP contribution in [0.5, 0.6) is 0 Å². The molecule has 1 aromatic carbocycles. The maximum atomic E-state index is 12.3. The Morgan fingerprint density at radius 1 is 1.20 bits per heavy atom. The largest absolute Gasteiger partial charge is 0.354 e. The first-order valence-corrected chi connectivity index (χ1v) is 8.85. The van der Waals surface area contributed by atoms with Gasteiger partial charge in [0.2, 0.25) is 5.91 Å². The van der Waals surface area contributed by atoms with Crippen molar-refractivity contribution >= 4 is 30.7 Å². The molecule has 0 aromatic heterocycles. The molecule has 0 saturated carbocycles. The minimum atomic E-state index is -0.968. The highest BCUT2D eigenvalue weighted by Crippen LogP contribution is 2.18. The summed E-state index contributed by atoms with van der Waals surface area (Å²) in [6.45, 7) is 8.39. The van der Waals surface area contributed by atoms with Crippen molar-refractivity contribution in [1.82, 2.24) is 10.2 Å². The van der Waals surface area contributed by atoms with Crippen LogP contribution in [0.15, 0.2) is 30.3 Å². The van der Waals surface area contributed by atoms with E-state index in [-0.39, 0.29) is 30.7 Å². The van der Waals surface area contributed by atoms with Gasteiger partial charge >= 0.3 is 0 Å². The second-order valence-electron chi connectivity index (χ2n) is 7.06. The first-order chi connectivity index (χ1) is 11.0. The lowest BCUT2D eigenvalue weighted by Crippen LogP contribution is -2.49. The van der Waals surface area contributed by atoms with Gasteiger partial charge in [0.15, 0.2) is 0 Å². The number of carbonyl (C=O) groups excluding carboxylic acids is 1. The molecule has 0 spiro atoms. The summed E-state index contributed by atoms with van der Waals surface area (Å²) >= 11 is 0. The number of nitrogens with zero attached hydrogens (tertiary/aromatic N) is 1. The Hall–Kier alpha value is -0.810. The quantitative estimate of drug-likeness (QED) is 0.702. The van der Waals surface area contributed by atoms with E-state index in [1.807, 2.05) is 30.3 Å². The van der Waals surface area contributed by atoms with Crippen molar-refractivity contribution in [2.45, 2.75) is 45.1 Å². The number of unbranched alkanes of at least 4 members (excludes halogenated alkanes) is 1. The zero-order valence-corrected chi connectivity index (χ0v) is 17.0. The predicted octanol–water partition coefficient (Wildman–Crippen LogP) is 3.33. The van der Waals surface area contributed by atoms with Crippen molar-refractivity contribution in [2.75, 3.05) is 26.2 Å². The Balaban J connectivity index is 0.00000288. The number of amides is 1. The second kappa shape index (κ2) is 11.7. The van der Waals surface area contributed by atoms with Crippen LogP contribution in [0.2, 0.25) is 0 Å². The van der Waals surface area contributed by atoms with Crippen LogP contribution in [0, 0.1) is 5.92 Å². The van der Waals surface area contributed by atoms with Gasteiger partial charge in [-0.3, -0.25) is 4.79 Å². The van der Waals surface area contributed by atoms with Gasteiger partial charge in [0.05, 0.1) is 0 Å². The number of likely N-dealkylation sites (tertiary alicyclic amines) is 1. The molecule has 1 heterocycles. The standard InChI is InChI=1S/C19H31N3O.2ClH/c1-16-10-14-22(15-11-16)13-7-6-12-21-18(23)19(2,20)17-8-4-3-5-9-17;;/h3-5,8-9,16H,6-7,10-15,20H2,1-2H3,(H,21,23);2*1H. The van der Waals surface area contributed by atoms with Crippen LogP contribution in [0.25, 0.3) is 0 Å². The topological polar surface area (TPSA) is 58.4 Å². The maximum Gasteiger partial charge on any atom is 0.244 e. The van der Waals surface area contributed by atoms with E-state index < -0.39 is 5.54 Å². The third-order valence-electron chi connectivity index (χ3n) is 4.91. The number of nitrogens with one attached hydrogen (secondary N) is 1. The van der Waals surface area contributed by atoms with Gasteiger partial charge in [-0.2, -0.15) is 0 Å². The molecule has 1 saturated heterocycles. The van der Waals surface area contributed by atoms with Gasteiger partial charge < -0.3 is 16.0 Å². The van der Waals surface area contributed by atoms with Crippen LogP contribution < -0.4 is 11.1 Å². The molecule has 0 bridgehead atoms. The Labute approximate surface area is 164 Å². The molecule has 0 aliphatic carbocycles. The van der Waals surface area contributed by atoms with Gasteiger partial charge in [-0.05, 0) is 63.7 Å². The summed E-state index contributed by atoms with van der Waals surface area (Å²) in [5.74, 6) is 0.779. The lowest BCUT2D eigenvalue weighted by atomic mass is 9.92. The molecule has 3 N–H and O–H groups in total. The molecule has 1 atom stereocenters. The van der Waals surface area contributed by atoms with Crippen LogP contribution in [0.4, 0.5) is 0 Å². The maximum absolute atomic E-state index is 12.3. The highest BCUT2D eigenvalue weighted by Gasteiger charge is 2.29. The van der Waals surface area contributed by atoms with Crippen molar-refractivity contribution in [3.63, 3.8) is 0 Å². The van der Waals surface area contributed by atoms with Gasteiger partial charge in [-0.1, -0.05) is 37.3 Å². The van der Waals surface area contributed by atoms with E-state index in [0.29, 0.717) is 6.54 Å². The number of carbonyl (C=O) groups is 1. The summed E-state index contributed by atoms with van der Waals surface area (Å²) in [5, 5.41) is 2.98. The van der Waals surface area contributed by atoms with E-state index in [4.69, 9.17) is 5.73 Å². The van der Waals surface area contributed by atoms with Crippen molar-refractivity contribution in [3.8, 4) is 0 Å². The lowest BCUT2D eigenvalue weighted by molar-refractivity contribution is -0.126. The van der Waals surface area contributed by atoms with Gasteiger partial charge in [-0.25, -0.2) is 0 Å². The van der Waals surface area contributed by atoms with Crippen LogP contribution in [-0.2, 0) is 10.3 Å². The van der Waals surface area contributed by atoms with Crippen LogP contribution in [0.3, 0.4) is 0 Å². The third kappa shape index (κ3) is 7.53. The summed E-state index contributed by atoms with van der Waals surface area (Å²) < 4.78 is 0. The van der Waals surface area contributed by atoms with Crippen molar-refractivity contribution in [2.24, 2.45) is 11.7 Å². The molecule has 1 aliphatic heterocycles. The minimum absolute atomic E-state index is 0. The number of hydrogen-bond acceptors (Lipinski definition) is 3. The smallest absolute Gasteiger partial charge is 0.244 e. The van der Waals surface area contributed by atoms with Crippen LogP contribution in [-0.4, -0.2) is 37.0 Å². The fraction of sp³-hybridized carbons (Fsp3) is 0.632. The highest BCUT2D eigenvalue weighted by atomic mass is 35.5. The molecular weight excluding hydrogens is 357 g/mol. The van der Waals surface area contributed by atoms with Gasteiger partial charge in [0.25, 0.3) is 0 Å². The highest BCUT2D eigenvalue weighted by molar-refractivity contribution is 5.87. The molecule has 1 aromatic rings.